The predicted molar refractivity (Wildman–Crippen MR) is 129 cm³/mol. The minimum atomic E-state index is 0.124. The molecule has 0 saturated carbocycles. The first-order chi connectivity index (χ1) is 14.6. The maximum Gasteiger partial charge on any atom is 0.173 e. The van der Waals surface area contributed by atoms with Crippen molar-refractivity contribution in [3.8, 4) is 0 Å². The number of benzene rings is 2. The van der Waals surface area contributed by atoms with E-state index in [1.807, 2.05) is 24.3 Å². The van der Waals surface area contributed by atoms with Crippen molar-refractivity contribution < 1.29 is 0 Å². The second-order valence-corrected chi connectivity index (χ2v) is 9.30. The van der Waals surface area contributed by atoms with Crippen LogP contribution in [0.25, 0.3) is 6.08 Å². The fourth-order valence-corrected chi connectivity index (χ4v) is 5.18. The molecule has 1 atom stereocenters. The second-order valence-electron chi connectivity index (χ2n) is 7.56. The molecule has 3 heterocycles. The van der Waals surface area contributed by atoms with E-state index in [1.165, 1.54) is 16.7 Å². The van der Waals surface area contributed by atoms with Gasteiger partial charge in [-0.1, -0.05) is 66.2 Å². The molecule has 3 nitrogen and oxygen atoms in total. The summed E-state index contributed by atoms with van der Waals surface area (Å²) in [5.74, 6) is 0. The van der Waals surface area contributed by atoms with Crippen LogP contribution in [0.3, 0.4) is 0 Å². The van der Waals surface area contributed by atoms with Gasteiger partial charge in [-0.15, -0.1) is 0 Å². The van der Waals surface area contributed by atoms with E-state index in [-0.39, 0.29) is 6.04 Å². The molecule has 152 valence electrons. The molecule has 0 N–H and O–H groups in total. The standard InChI is InChI=1S/C24H21Cl2N3S/c1-2-28-14-18(13-16-3-7-19(25)8-4-16)22-21(15-28)23(17-5-9-20(26)10-6-17)29-11-12-30-24(29)27-22/h3-13,23H,2,14-15H2,1H3/b18-13+. The summed E-state index contributed by atoms with van der Waals surface area (Å²) in [6.07, 6.45) is 4.39. The average molecular weight is 454 g/mol. The summed E-state index contributed by atoms with van der Waals surface area (Å²) in [6, 6.07) is 16.3. The number of thioether (sulfide) groups is 1. The van der Waals surface area contributed by atoms with Crippen LogP contribution in [0.4, 0.5) is 0 Å². The number of hydrogen-bond donors (Lipinski definition) is 0. The van der Waals surface area contributed by atoms with Gasteiger partial charge in [-0.25, -0.2) is 4.99 Å². The SMILES string of the molecule is CCN1CC2=C(N=C3SC=CN3C2c2ccc(Cl)cc2)/C(=C/c2ccc(Cl)cc2)C1. The maximum absolute atomic E-state index is 6.18. The van der Waals surface area contributed by atoms with E-state index in [0.717, 1.165) is 46.1 Å². The Balaban J connectivity index is 1.65. The van der Waals surface area contributed by atoms with Gasteiger partial charge in [0.05, 0.1) is 11.7 Å². The van der Waals surface area contributed by atoms with Gasteiger partial charge in [-0.2, -0.15) is 0 Å². The normalized spacial score (nSPS) is 22.4. The number of aliphatic imine (C=N–C) groups is 1. The summed E-state index contributed by atoms with van der Waals surface area (Å²) < 4.78 is 0. The molecule has 0 amide bonds. The molecule has 1 unspecified atom stereocenters. The molecule has 5 rings (SSSR count). The number of nitrogens with zero attached hydrogens (tertiary/aromatic N) is 3. The van der Waals surface area contributed by atoms with E-state index >= 15 is 0 Å². The lowest BCUT2D eigenvalue weighted by Crippen LogP contribution is -2.41. The predicted octanol–water partition coefficient (Wildman–Crippen LogP) is 6.60. The summed E-state index contributed by atoms with van der Waals surface area (Å²) in [5, 5.41) is 4.65. The third kappa shape index (κ3) is 3.74. The van der Waals surface area contributed by atoms with Gasteiger partial charge in [0.15, 0.2) is 5.17 Å². The largest absolute Gasteiger partial charge is 0.315 e. The summed E-state index contributed by atoms with van der Waals surface area (Å²) in [5.41, 5.74) is 6.08. The Morgan fingerprint density at radius 3 is 2.43 bits per heavy atom. The van der Waals surface area contributed by atoms with Crippen molar-refractivity contribution in [1.29, 1.82) is 0 Å². The Morgan fingerprint density at radius 1 is 1.03 bits per heavy atom. The summed E-state index contributed by atoms with van der Waals surface area (Å²) in [4.78, 5) is 9.85. The van der Waals surface area contributed by atoms with Crippen LogP contribution in [0.5, 0.6) is 0 Å². The molecule has 0 aromatic heterocycles. The van der Waals surface area contributed by atoms with Gasteiger partial charge in [-0.3, -0.25) is 4.90 Å². The van der Waals surface area contributed by atoms with Gasteiger partial charge in [0.25, 0.3) is 0 Å². The molecule has 30 heavy (non-hydrogen) atoms. The van der Waals surface area contributed by atoms with Gasteiger partial charge < -0.3 is 4.90 Å². The molecule has 0 aliphatic carbocycles. The number of hydrogen-bond acceptors (Lipinski definition) is 4. The van der Waals surface area contributed by atoms with E-state index in [1.54, 1.807) is 11.8 Å². The van der Waals surface area contributed by atoms with Crippen LogP contribution in [0.2, 0.25) is 10.0 Å². The Kier molecular flexibility index (Phi) is 5.50. The Morgan fingerprint density at radius 2 is 1.73 bits per heavy atom. The lowest BCUT2D eigenvalue weighted by Gasteiger charge is -2.41. The second kappa shape index (κ2) is 8.27. The molecular formula is C24H21Cl2N3S. The van der Waals surface area contributed by atoms with Gasteiger partial charge in [0.2, 0.25) is 0 Å². The minimum Gasteiger partial charge on any atom is -0.315 e. The number of fused-ring (bicyclic) bond motifs is 1. The van der Waals surface area contributed by atoms with Gasteiger partial charge >= 0.3 is 0 Å². The number of likely N-dealkylation sites (N-methyl/N-ethyl adjacent to an activating group) is 1. The quantitative estimate of drug-likeness (QED) is 0.521. The van der Waals surface area contributed by atoms with Crippen molar-refractivity contribution in [2.75, 3.05) is 19.6 Å². The lowest BCUT2D eigenvalue weighted by molar-refractivity contribution is 0.302. The fourth-order valence-electron chi connectivity index (χ4n) is 4.18. The molecule has 0 radical (unpaired) electrons. The Labute approximate surface area is 191 Å². The van der Waals surface area contributed by atoms with Crippen molar-refractivity contribution >= 4 is 46.2 Å². The molecule has 2 aromatic carbocycles. The highest BCUT2D eigenvalue weighted by atomic mass is 35.5. The van der Waals surface area contributed by atoms with Gasteiger partial charge in [0, 0.05) is 29.3 Å². The topological polar surface area (TPSA) is 18.8 Å². The van der Waals surface area contributed by atoms with Crippen LogP contribution in [0.15, 0.2) is 82.0 Å². The molecule has 0 saturated heterocycles. The molecule has 3 aliphatic rings. The summed E-state index contributed by atoms with van der Waals surface area (Å²) in [7, 11) is 0. The van der Waals surface area contributed by atoms with Crippen molar-refractivity contribution in [3.63, 3.8) is 0 Å². The summed E-state index contributed by atoms with van der Waals surface area (Å²) >= 11 is 13.9. The molecule has 2 aromatic rings. The molecule has 3 aliphatic heterocycles. The molecule has 0 fully saturated rings. The van der Waals surface area contributed by atoms with Crippen molar-refractivity contribution in [2.45, 2.75) is 13.0 Å². The first-order valence-corrected chi connectivity index (χ1v) is 11.6. The van der Waals surface area contributed by atoms with Crippen molar-refractivity contribution in [2.24, 2.45) is 4.99 Å². The van der Waals surface area contributed by atoms with E-state index in [2.05, 4.69) is 58.7 Å². The van der Waals surface area contributed by atoms with Crippen LogP contribution in [0.1, 0.15) is 24.1 Å². The Hall–Kier alpha value is -1.98. The van der Waals surface area contributed by atoms with Crippen LogP contribution in [0, 0.1) is 0 Å². The zero-order chi connectivity index (χ0) is 20.7. The van der Waals surface area contributed by atoms with E-state index in [0.29, 0.717) is 0 Å². The van der Waals surface area contributed by atoms with Crippen LogP contribution < -0.4 is 0 Å². The van der Waals surface area contributed by atoms with Crippen LogP contribution in [-0.4, -0.2) is 34.6 Å². The molecule has 6 heteroatoms. The highest BCUT2D eigenvalue weighted by Gasteiger charge is 2.37. The first kappa shape index (κ1) is 20.0. The third-order valence-corrected chi connectivity index (χ3v) is 6.95. The van der Waals surface area contributed by atoms with Crippen molar-refractivity contribution in [3.05, 3.63) is 98.2 Å². The molecule has 0 spiro atoms. The molecular weight excluding hydrogens is 433 g/mol. The van der Waals surface area contributed by atoms with Crippen LogP contribution >= 0.6 is 35.0 Å². The smallest absolute Gasteiger partial charge is 0.173 e. The number of rotatable bonds is 3. The minimum absolute atomic E-state index is 0.124. The zero-order valence-corrected chi connectivity index (χ0v) is 18.9. The highest BCUT2D eigenvalue weighted by Crippen LogP contribution is 2.44. The van der Waals surface area contributed by atoms with E-state index < -0.39 is 0 Å². The number of halogens is 2. The van der Waals surface area contributed by atoms with Crippen molar-refractivity contribution in [1.82, 2.24) is 9.80 Å². The number of amidine groups is 1. The zero-order valence-electron chi connectivity index (χ0n) is 16.6. The van der Waals surface area contributed by atoms with Gasteiger partial charge in [0.1, 0.15) is 0 Å². The first-order valence-electron chi connectivity index (χ1n) is 10.00. The van der Waals surface area contributed by atoms with Gasteiger partial charge in [-0.05, 0) is 64.6 Å². The third-order valence-electron chi connectivity index (χ3n) is 5.67. The summed E-state index contributed by atoms with van der Waals surface area (Å²) in [6.45, 7) is 5.00. The lowest BCUT2D eigenvalue weighted by atomic mass is 9.88. The van der Waals surface area contributed by atoms with E-state index in [9.17, 15) is 0 Å². The molecule has 0 bridgehead atoms. The maximum atomic E-state index is 6.18. The van der Waals surface area contributed by atoms with Crippen LogP contribution in [-0.2, 0) is 0 Å². The fraction of sp³-hybridized carbons (Fsp3) is 0.208. The van der Waals surface area contributed by atoms with E-state index in [4.69, 9.17) is 28.2 Å². The highest BCUT2D eigenvalue weighted by molar-refractivity contribution is 8.16. The Bertz CT molecular complexity index is 1080. The average Bonchev–Trinajstić information content (AvgIpc) is 3.23. The monoisotopic (exact) mass is 453 g/mol.